The van der Waals surface area contributed by atoms with Crippen LogP contribution in [0.3, 0.4) is 0 Å². The van der Waals surface area contributed by atoms with E-state index in [4.69, 9.17) is 9.47 Å². The Morgan fingerprint density at radius 2 is 2.12 bits per heavy atom. The average molecular weight is 376 g/mol. The van der Waals surface area contributed by atoms with E-state index >= 15 is 0 Å². The Morgan fingerprint density at radius 1 is 1.35 bits per heavy atom. The van der Waals surface area contributed by atoms with Crippen molar-refractivity contribution >= 4 is 17.3 Å². The van der Waals surface area contributed by atoms with Crippen molar-refractivity contribution in [3.63, 3.8) is 0 Å². The lowest BCUT2D eigenvalue weighted by Gasteiger charge is -2.17. The summed E-state index contributed by atoms with van der Waals surface area (Å²) in [5.41, 5.74) is 1.38. The Balaban J connectivity index is 1.87. The van der Waals surface area contributed by atoms with Gasteiger partial charge < -0.3 is 14.6 Å². The monoisotopic (exact) mass is 376 g/mol. The molecule has 0 bridgehead atoms. The molecule has 2 heterocycles. The molecule has 0 spiro atoms. The second-order valence-electron chi connectivity index (χ2n) is 6.19. The number of nitrogens with zero attached hydrogens (tertiary/aromatic N) is 2. The number of hydrogen-bond acceptors (Lipinski definition) is 6. The number of likely N-dealkylation sites (tertiary alicyclic amines) is 1. The van der Waals surface area contributed by atoms with Crippen molar-refractivity contribution in [3.05, 3.63) is 28.8 Å². The normalized spacial score (nSPS) is 14.5. The molecule has 0 saturated carbocycles. The van der Waals surface area contributed by atoms with Crippen molar-refractivity contribution in [2.24, 2.45) is 0 Å². The van der Waals surface area contributed by atoms with Gasteiger partial charge in [0.2, 0.25) is 0 Å². The minimum Gasteiger partial charge on any atom is -0.493 e. The number of carboxylic acids is 1. The van der Waals surface area contributed by atoms with E-state index in [2.05, 4.69) is 9.88 Å². The fourth-order valence-electron chi connectivity index (χ4n) is 3.15. The Labute approximate surface area is 157 Å². The summed E-state index contributed by atoms with van der Waals surface area (Å²) in [5, 5.41) is 10.0. The molecule has 1 saturated heterocycles. The SMILES string of the molecule is CCc1nc(-c2cccc(OC)c2OCCN2CCCC2)sc1C(=O)O. The molecule has 1 fully saturated rings. The van der Waals surface area contributed by atoms with Crippen molar-refractivity contribution < 1.29 is 19.4 Å². The Kier molecular flexibility index (Phi) is 6.11. The average Bonchev–Trinajstić information content (AvgIpc) is 3.31. The van der Waals surface area contributed by atoms with Gasteiger partial charge in [-0.1, -0.05) is 13.0 Å². The van der Waals surface area contributed by atoms with E-state index in [0.29, 0.717) is 35.2 Å². The highest BCUT2D eigenvalue weighted by Crippen LogP contribution is 2.40. The Morgan fingerprint density at radius 3 is 2.73 bits per heavy atom. The van der Waals surface area contributed by atoms with Crippen LogP contribution in [-0.2, 0) is 6.42 Å². The highest BCUT2D eigenvalue weighted by Gasteiger charge is 2.21. The Bertz CT molecular complexity index is 769. The van der Waals surface area contributed by atoms with Gasteiger partial charge in [0.05, 0.1) is 18.4 Å². The van der Waals surface area contributed by atoms with Crippen LogP contribution in [-0.4, -0.2) is 54.3 Å². The number of ether oxygens (including phenoxy) is 2. The summed E-state index contributed by atoms with van der Waals surface area (Å²) in [5.74, 6) is 0.321. The predicted octanol–water partition coefficient (Wildman–Crippen LogP) is 3.55. The molecule has 1 aliphatic heterocycles. The molecule has 3 rings (SSSR count). The van der Waals surface area contributed by atoms with Gasteiger partial charge >= 0.3 is 5.97 Å². The summed E-state index contributed by atoms with van der Waals surface area (Å²) in [6.45, 7) is 5.58. The summed E-state index contributed by atoms with van der Waals surface area (Å²) in [4.78, 5) is 18.7. The minimum atomic E-state index is -0.940. The van der Waals surface area contributed by atoms with E-state index in [1.165, 1.54) is 24.2 Å². The van der Waals surface area contributed by atoms with E-state index in [1.807, 2.05) is 25.1 Å². The second kappa shape index (κ2) is 8.51. The van der Waals surface area contributed by atoms with Crippen LogP contribution in [0.4, 0.5) is 0 Å². The van der Waals surface area contributed by atoms with Crippen LogP contribution >= 0.6 is 11.3 Å². The summed E-state index contributed by atoms with van der Waals surface area (Å²) in [6.07, 6.45) is 3.07. The first-order valence-corrected chi connectivity index (χ1v) is 9.71. The molecule has 1 aromatic heterocycles. The summed E-state index contributed by atoms with van der Waals surface area (Å²) in [7, 11) is 1.61. The number of carboxylic acid groups (broad SMARTS) is 1. The molecule has 2 aromatic rings. The number of hydrogen-bond donors (Lipinski definition) is 1. The maximum Gasteiger partial charge on any atom is 0.347 e. The molecular weight excluding hydrogens is 352 g/mol. The number of para-hydroxylation sites is 1. The van der Waals surface area contributed by atoms with Crippen LogP contribution in [0, 0.1) is 0 Å². The predicted molar refractivity (Wildman–Crippen MR) is 102 cm³/mol. The minimum absolute atomic E-state index is 0.285. The first kappa shape index (κ1) is 18.7. The third-order valence-electron chi connectivity index (χ3n) is 4.51. The lowest BCUT2D eigenvalue weighted by atomic mass is 10.2. The van der Waals surface area contributed by atoms with E-state index < -0.39 is 5.97 Å². The molecule has 26 heavy (non-hydrogen) atoms. The molecule has 6 nitrogen and oxygen atoms in total. The van der Waals surface area contributed by atoms with Crippen LogP contribution in [0.25, 0.3) is 10.6 Å². The molecule has 0 unspecified atom stereocenters. The van der Waals surface area contributed by atoms with E-state index in [0.717, 1.165) is 25.2 Å². The third-order valence-corrected chi connectivity index (χ3v) is 5.63. The third kappa shape index (κ3) is 3.99. The van der Waals surface area contributed by atoms with E-state index in [-0.39, 0.29) is 4.88 Å². The van der Waals surface area contributed by atoms with Gasteiger partial charge in [0, 0.05) is 6.54 Å². The van der Waals surface area contributed by atoms with Crippen molar-refractivity contribution in [1.82, 2.24) is 9.88 Å². The van der Waals surface area contributed by atoms with Gasteiger partial charge in [0.15, 0.2) is 11.5 Å². The number of carbonyl (C=O) groups is 1. The standard InChI is InChI=1S/C19H24N2O4S/c1-3-14-17(19(22)23)26-18(20-14)13-7-6-8-15(24-2)16(13)25-12-11-21-9-4-5-10-21/h6-8H,3-5,9-12H2,1-2H3,(H,22,23). The van der Waals surface area contributed by atoms with E-state index in [1.54, 1.807) is 7.11 Å². The molecule has 140 valence electrons. The van der Waals surface area contributed by atoms with Gasteiger partial charge in [-0.05, 0) is 44.5 Å². The number of rotatable bonds is 8. The number of aromatic nitrogens is 1. The van der Waals surface area contributed by atoms with Gasteiger partial charge in [-0.2, -0.15) is 0 Å². The summed E-state index contributed by atoms with van der Waals surface area (Å²) >= 11 is 1.18. The fourth-order valence-corrected chi connectivity index (χ4v) is 4.17. The highest BCUT2D eigenvalue weighted by molar-refractivity contribution is 7.17. The van der Waals surface area contributed by atoms with Crippen LogP contribution in [0.1, 0.15) is 35.1 Å². The number of aromatic carboxylic acids is 1. The van der Waals surface area contributed by atoms with Gasteiger partial charge in [-0.3, -0.25) is 4.90 Å². The molecular formula is C19H24N2O4S. The number of thiazole rings is 1. The highest BCUT2D eigenvalue weighted by atomic mass is 32.1. The molecule has 0 amide bonds. The first-order valence-electron chi connectivity index (χ1n) is 8.89. The molecule has 1 aromatic carbocycles. The quantitative estimate of drug-likeness (QED) is 0.760. The number of benzene rings is 1. The van der Waals surface area contributed by atoms with Crippen LogP contribution in [0.15, 0.2) is 18.2 Å². The van der Waals surface area contributed by atoms with Crippen molar-refractivity contribution in [3.8, 4) is 22.1 Å². The molecule has 0 radical (unpaired) electrons. The summed E-state index contributed by atoms with van der Waals surface area (Å²) in [6, 6.07) is 5.62. The zero-order valence-electron chi connectivity index (χ0n) is 15.2. The fraction of sp³-hybridized carbons (Fsp3) is 0.474. The molecule has 0 aliphatic carbocycles. The number of methoxy groups -OCH3 is 1. The molecule has 0 atom stereocenters. The van der Waals surface area contributed by atoms with Crippen molar-refractivity contribution in [2.75, 3.05) is 33.4 Å². The lowest BCUT2D eigenvalue weighted by molar-refractivity contribution is 0.0701. The van der Waals surface area contributed by atoms with Gasteiger partial charge in [0.1, 0.15) is 16.5 Å². The molecule has 1 aliphatic rings. The van der Waals surface area contributed by atoms with Gasteiger partial charge in [-0.15, -0.1) is 11.3 Å². The smallest absolute Gasteiger partial charge is 0.347 e. The first-order chi connectivity index (χ1) is 12.6. The van der Waals surface area contributed by atoms with Crippen molar-refractivity contribution in [2.45, 2.75) is 26.2 Å². The van der Waals surface area contributed by atoms with E-state index in [9.17, 15) is 9.90 Å². The number of aryl methyl sites for hydroxylation is 1. The maximum atomic E-state index is 11.5. The Hall–Kier alpha value is -2.12. The van der Waals surface area contributed by atoms with Gasteiger partial charge in [-0.25, -0.2) is 9.78 Å². The van der Waals surface area contributed by atoms with Gasteiger partial charge in [0.25, 0.3) is 0 Å². The summed E-state index contributed by atoms with van der Waals surface area (Å²) < 4.78 is 11.5. The molecule has 7 heteroatoms. The second-order valence-corrected chi connectivity index (χ2v) is 7.19. The lowest BCUT2D eigenvalue weighted by Crippen LogP contribution is -2.25. The zero-order chi connectivity index (χ0) is 18.5. The zero-order valence-corrected chi connectivity index (χ0v) is 16.0. The maximum absolute atomic E-state index is 11.5. The topological polar surface area (TPSA) is 71.9 Å². The largest absolute Gasteiger partial charge is 0.493 e. The van der Waals surface area contributed by atoms with Crippen molar-refractivity contribution in [1.29, 1.82) is 0 Å². The van der Waals surface area contributed by atoms with Crippen LogP contribution < -0.4 is 9.47 Å². The molecule has 1 N–H and O–H groups in total. The van der Waals surface area contributed by atoms with Crippen LogP contribution in [0.5, 0.6) is 11.5 Å². The van der Waals surface area contributed by atoms with Crippen LogP contribution in [0.2, 0.25) is 0 Å².